The number of aromatic nitrogens is 1. The SMILES string of the molecule is COc1cc(OC)cc(C(O)Cc2ccc(Br)cn2)c1. The van der Waals surface area contributed by atoms with Crippen LogP contribution in [0.4, 0.5) is 0 Å². The lowest BCUT2D eigenvalue weighted by atomic mass is 10.0. The molecule has 0 aliphatic heterocycles. The Bertz CT molecular complexity index is 550. The molecular weight excluding hydrogens is 322 g/mol. The van der Waals surface area contributed by atoms with Gasteiger partial charge >= 0.3 is 0 Å². The van der Waals surface area contributed by atoms with Crippen molar-refractivity contribution in [3.8, 4) is 11.5 Å². The maximum absolute atomic E-state index is 10.3. The highest BCUT2D eigenvalue weighted by Crippen LogP contribution is 2.28. The lowest BCUT2D eigenvalue weighted by Gasteiger charge is -2.13. The third-order valence-corrected chi connectivity index (χ3v) is 3.42. The predicted octanol–water partition coefficient (Wildman–Crippen LogP) is 3.14. The van der Waals surface area contributed by atoms with Gasteiger partial charge in [-0.1, -0.05) is 0 Å². The first-order valence-electron chi connectivity index (χ1n) is 6.14. The van der Waals surface area contributed by atoms with Crippen molar-refractivity contribution in [3.63, 3.8) is 0 Å². The Kier molecular flexibility index (Phi) is 4.98. The van der Waals surface area contributed by atoms with Gasteiger partial charge in [-0.3, -0.25) is 4.98 Å². The van der Waals surface area contributed by atoms with Crippen LogP contribution in [-0.4, -0.2) is 24.3 Å². The second-order valence-electron chi connectivity index (χ2n) is 4.33. The maximum Gasteiger partial charge on any atom is 0.122 e. The van der Waals surface area contributed by atoms with Crippen LogP contribution in [0.15, 0.2) is 41.0 Å². The van der Waals surface area contributed by atoms with Crippen LogP contribution in [0, 0.1) is 0 Å². The molecule has 106 valence electrons. The van der Waals surface area contributed by atoms with Crippen LogP contribution in [0.25, 0.3) is 0 Å². The van der Waals surface area contributed by atoms with Gasteiger partial charge < -0.3 is 14.6 Å². The number of hydrogen-bond acceptors (Lipinski definition) is 4. The second kappa shape index (κ2) is 6.72. The van der Waals surface area contributed by atoms with E-state index in [1.54, 1.807) is 38.6 Å². The van der Waals surface area contributed by atoms with Crippen LogP contribution in [0.1, 0.15) is 17.4 Å². The molecule has 1 aromatic carbocycles. The third-order valence-electron chi connectivity index (χ3n) is 2.95. The highest BCUT2D eigenvalue weighted by atomic mass is 79.9. The second-order valence-corrected chi connectivity index (χ2v) is 5.25. The average Bonchev–Trinajstić information content (AvgIpc) is 2.48. The summed E-state index contributed by atoms with van der Waals surface area (Å²) in [6.45, 7) is 0. The number of benzene rings is 1. The molecule has 0 spiro atoms. The zero-order valence-corrected chi connectivity index (χ0v) is 12.9. The Labute approximate surface area is 126 Å². The van der Waals surface area contributed by atoms with Crippen molar-refractivity contribution in [2.45, 2.75) is 12.5 Å². The number of aliphatic hydroxyl groups excluding tert-OH is 1. The summed E-state index contributed by atoms with van der Waals surface area (Å²) in [5.41, 5.74) is 1.56. The Balaban J connectivity index is 2.19. The molecule has 5 heteroatoms. The molecule has 1 N–H and O–H groups in total. The van der Waals surface area contributed by atoms with E-state index >= 15 is 0 Å². The van der Waals surface area contributed by atoms with Gasteiger partial charge in [-0.2, -0.15) is 0 Å². The Morgan fingerprint density at radius 1 is 1.15 bits per heavy atom. The molecule has 0 aliphatic carbocycles. The van der Waals surface area contributed by atoms with E-state index < -0.39 is 6.10 Å². The number of nitrogens with zero attached hydrogens (tertiary/aromatic N) is 1. The highest BCUT2D eigenvalue weighted by Gasteiger charge is 2.12. The monoisotopic (exact) mass is 337 g/mol. The molecule has 0 bridgehead atoms. The highest BCUT2D eigenvalue weighted by molar-refractivity contribution is 9.10. The molecule has 2 aromatic rings. The van der Waals surface area contributed by atoms with Gasteiger partial charge in [-0.05, 0) is 45.8 Å². The van der Waals surface area contributed by atoms with Crippen molar-refractivity contribution in [2.24, 2.45) is 0 Å². The number of hydrogen-bond donors (Lipinski definition) is 1. The van der Waals surface area contributed by atoms with E-state index in [0.29, 0.717) is 17.9 Å². The molecule has 0 amide bonds. The van der Waals surface area contributed by atoms with Gasteiger partial charge in [0.2, 0.25) is 0 Å². The van der Waals surface area contributed by atoms with Crippen molar-refractivity contribution >= 4 is 15.9 Å². The number of aliphatic hydroxyl groups is 1. The van der Waals surface area contributed by atoms with Gasteiger partial charge in [-0.25, -0.2) is 0 Å². The fourth-order valence-electron chi connectivity index (χ4n) is 1.86. The van der Waals surface area contributed by atoms with Gasteiger partial charge in [0.15, 0.2) is 0 Å². The first kappa shape index (κ1) is 14.8. The first-order chi connectivity index (χ1) is 9.62. The fourth-order valence-corrected chi connectivity index (χ4v) is 2.10. The Hall–Kier alpha value is -1.59. The van der Waals surface area contributed by atoms with Crippen LogP contribution in [0.2, 0.25) is 0 Å². The summed E-state index contributed by atoms with van der Waals surface area (Å²) in [6.07, 6.45) is 1.49. The van der Waals surface area contributed by atoms with Crippen LogP contribution in [0.5, 0.6) is 11.5 Å². The van der Waals surface area contributed by atoms with E-state index in [9.17, 15) is 5.11 Å². The molecular formula is C15H16BrNO3. The molecule has 0 radical (unpaired) electrons. The lowest BCUT2D eigenvalue weighted by molar-refractivity contribution is 0.176. The largest absolute Gasteiger partial charge is 0.497 e. The zero-order chi connectivity index (χ0) is 14.5. The number of ether oxygens (including phenoxy) is 2. The number of halogens is 1. The molecule has 1 atom stereocenters. The Morgan fingerprint density at radius 2 is 1.80 bits per heavy atom. The first-order valence-corrected chi connectivity index (χ1v) is 6.93. The van der Waals surface area contributed by atoms with Crippen LogP contribution >= 0.6 is 15.9 Å². The zero-order valence-electron chi connectivity index (χ0n) is 11.3. The molecule has 1 heterocycles. The summed E-state index contributed by atoms with van der Waals surface area (Å²) in [6, 6.07) is 9.15. The van der Waals surface area contributed by atoms with Crippen molar-refractivity contribution in [2.75, 3.05) is 14.2 Å². The normalized spacial score (nSPS) is 12.0. The van der Waals surface area contributed by atoms with Gasteiger partial charge in [0.25, 0.3) is 0 Å². The fraction of sp³-hybridized carbons (Fsp3) is 0.267. The predicted molar refractivity (Wildman–Crippen MR) is 80.1 cm³/mol. The number of pyridine rings is 1. The summed E-state index contributed by atoms with van der Waals surface area (Å²) >= 11 is 3.34. The molecule has 0 fully saturated rings. The van der Waals surface area contributed by atoms with Gasteiger partial charge in [0, 0.05) is 28.9 Å². The molecule has 0 aliphatic rings. The van der Waals surface area contributed by atoms with E-state index in [-0.39, 0.29) is 0 Å². The van der Waals surface area contributed by atoms with E-state index in [1.807, 2.05) is 12.1 Å². The molecule has 1 unspecified atom stereocenters. The maximum atomic E-state index is 10.3. The van der Waals surface area contributed by atoms with Crippen LogP contribution < -0.4 is 9.47 Å². The summed E-state index contributed by atoms with van der Waals surface area (Å²) < 4.78 is 11.3. The van der Waals surface area contributed by atoms with E-state index in [1.165, 1.54) is 0 Å². The third kappa shape index (κ3) is 3.71. The van der Waals surface area contributed by atoms with Gasteiger partial charge in [-0.15, -0.1) is 0 Å². The molecule has 0 saturated heterocycles. The lowest BCUT2D eigenvalue weighted by Crippen LogP contribution is -2.04. The molecule has 20 heavy (non-hydrogen) atoms. The summed E-state index contributed by atoms with van der Waals surface area (Å²) in [7, 11) is 3.17. The Morgan fingerprint density at radius 3 is 2.30 bits per heavy atom. The number of methoxy groups -OCH3 is 2. The quantitative estimate of drug-likeness (QED) is 0.910. The van der Waals surface area contributed by atoms with Crippen molar-refractivity contribution < 1.29 is 14.6 Å². The average molecular weight is 338 g/mol. The molecule has 0 saturated carbocycles. The van der Waals surface area contributed by atoms with Gasteiger partial charge in [0.05, 0.1) is 20.3 Å². The van der Waals surface area contributed by atoms with Gasteiger partial charge in [0.1, 0.15) is 11.5 Å². The minimum absolute atomic E-state index is 0.434. The smallest absolute Gasteiger partial charge is 0.122 e. The van der Waals surface area contributed by atoms with Crippen molar-refractivity contribution in [1.29, 1.82) is 0 Å². The van der Waals surface area contributed by atoms with E-state index in [2.05, 4.69) is 20.9 Å². The minimum Gasteiger partial charge on any atom is -0.497 e. The van der Waals surface area contributed by atoms with Crippen LogP contribution in [0.3, 0.4) is 0 Å². The van der Waals surface area contributed by atoms with Crippen LogP contribution in [-0.2, 0) is 6.42 Å². The number of rotatable bonds is 5. The topological polar surface area (TPSA) is 51.6 Å². The minimum atomic E-state index is -0.660. The summed E-state index contributed by atoms with van der Waals surface area (Å²) in [4.78, 5) is 4.26. The standard InChI is InChI=1S/C15H16BrNO3/c1-19-13-5-10(6-14(8-13)20-2)15(18)7-12-4-3-11(16)9-17-12/h3-6,8-9,15,18H,7H2,1-2H3. The van der Waals surface area contributed by atoms with Crippen molar-refractivity contribution in [3.05, 3.63) is 52.3 Å². The molecule has 1 aromatic heterocycles. The summed E-state index contributed by atoms with van der Waals surface area (Å²) in [5.74, 6) is 1.31. The summed E-state index contributed by atoms with van der Waals surface area (Å²) in [5, 5.41) is 10.3. The molecule has 4 nitrogen and oxygen atoms in total. The molecule has 2 rings (SSSR count). The van der Waals surface area contributed by atoms with E-state index in [4.69, 9.17) is 9.47 Å². The van der Waals surface area contributed by atoms with Crippen molar-refractivity contribution in [1.82, 2.24) is 4.98 Å². The van der Waals surface area contributed by atoms with E-state index in [0.717, 1.165) is 15.7 Å².